The average molecular weight is 237 g/mol. The topological polar surface area (TPSA) is 67.1 Å². The lowest BCUT2D eigenvalue weighted by molar-refractivity contribution is 0.709. The summed E-state index contributed by atoms with van der Waals surface area (Å²) in [7, 11) is 1.99. The van der Waals surface area contributed by atoms with Crippen molar-refractivity contribution >= 4 is 11.6 Å². The molecule has 5 nitrogen and oxygen atoms in total. The number of hydrogen-bond acceptors (Lipinski definition) is 5. The first-order chi connectivity index (χ1) is 7.88. The van der Waals surface area contributed by atoms with Crippen LogP contribution in [0.1, 0.15) is 26.6 Å². The summed E-state index contributed by atoms with van der Waals surface area (Å²) in [6.45, 7) is 8.83. The molecule has 0 saturated heterocycles. The lowest BCUT2D eigenvalue weighted by Gasteiger charge is -2.21. The van der Waals surface area contributed by atoms with Crippen molar-refractivity contribution in [3.8, 4) is 0 Å². The summed E-state index contributed by atoms with van der Waals surface area (Å²) in [5.74, 6) is 2.53. The summed E-state index contributed by atoms with van der Waals surface area (Å²) < 4.78 is 0. The van der Waals surface area contributed by atoms with Crippen LogP contribution < -0.4 is 16.0 Å². The van der Waals surface area contributed by atoms with E-state index in [1.165, 1.54) is 0 Å². The number of anilines is 2. The number of rotatable bonds is 5. The second kappa shape index (κ2) is 5.82. The van der Waals surface area contributed by atoms with Crippen LogP contribution in [0, 0.1) is 6.92 Å². The minimum absolute atomic E-state index is 0.122. The molecule has 0 radical (unpaired) electrons. The summed E-state index contributed by atoms with van der Waals surface area (Å²) in [4.78, 5) is 10.8. The van der Waals surface area contributed by atoms with E-state index >= 15 is 0 Å². The van der Waals surface area contributed by atoms with Crippen molar-refractivity contribution in [2.24, 2.45) is 5.73 Å². The van der Waals surface area contributed by atoms with E-state index < -0.39 is 0 Å². The van der Waals surface area contributed by atoms with E-state index in [9.17, 15) is 0 Å². The molecule has 3 N–H and O–H groups in total. The molecule has 0 aliphatic rings. The Balaban J connectivity index is 2.88. The molecule has 17 heavy (non-hydrogen) atoms. The fourth-order valence-corrected chi connectivity index (χ4v) is 1.64. The molecule has 0 aromatic carbocycles. The highest BCUT2D eigenvalue weighted by atomic mass is 15.2. The number of hydrogen-bond donors (Lipinski definition) is 2. The summed E-state index contributed by atoms with van der Waals surface area (Å²) in [5, 5.41) is 3.29. The largest absolute Gasteiger partial charge is 0.368 e. The second-order valence-corrected chi connectivity index (χ2v) is 4.82. The van der Waals surface area contributed by atoms with E-state index in [1.807, 2.05) is 31.9 Å². The quantitative estimate of drug-likeness (QED) is 0.810. The Morgan fingerprint density at radius 2 is 2.00 bits per heavy atom. The molecule has 1 heterocycles. The molecule has 0 spiro atoms. The van der Waals surface area contributed by atoms with Gasteiger partial charge in [-0.05, 0) is 27.7 Å². The van der Waals surface area contributed by atoms with Gasteiger partial charge in [0.25, 0.3) is 0 Å². The molecule has 0 amide bonds. The van der Waals surface area contributed by atoms with Gasteiger partial charge in [-0.2, -0.15) is 0 Å². The Labute approximate surface area is 103 Å². The van der Waals surface area contributed by atoms with Gasteiger partial charge in [-0.3, -0.25) is 0 Å². The van der Waals surface area contributed by atoms with Gasteiger partial charge in [0.15, 0.2) is 0 Å². The molecule has 1 rings (SSSR count). The summed E-state index contributed by atoms with van der Waals surface area (Å²) in [5.41, 5.74) is 5.79. The molecular formula is C12H23N5. The maximum atomic E-state index is 5.79. The fraction of sp³-hybridized carbons (Fsp3) is 0.667. The predicted octanol–water partition coefficient (Wildman–Crippen LogP) is 1.39. The average Bonchev–Trinajstić information content (AvgIpc) is 2.14. The lowest BCUT2D eigenvalue weighted by Crippen LogP contribution is -2.33. The normalized spacial score (nSPS) is 12.6. The molecule has 1 unspecified atom stereocenters. The second-order valence-electron chi connectivity index (χ2n) is 4.82. The number of nitrogens with two attached hydrogens (primary N) is 1. The van der Waals surface area contributed by atoms with E-state index in [0.29, 0.717) is 6.04 Å². The van der Waals surface area contributed by atoms with Crippen molar-refractivity contribution in [2.45, 2.75) is 39.8 Å². The van der Waals surface area contributed by atoms with E-state index in [2.05, 4.69) is 29.1 Å². The predicted molar refractivity (Wildman–Crippen MR) is 72.4 cm³/mol. The number of likely N-dealkylation sites (N-methyl/N-ethyl adjacent to an activating group) is 1. The summed E-state index contributed by atoms with van der Waals surface area (Å²) in [6.07, 6.45) is 0. The minimum Gasteiger partial charge on any atom is -0.368 e. The Morgan fingerprint density at radius 1 is 1.35 bits per heavy atom. The molecule has 5 heteroatoms. The molecule has 0 aliphatic heterocycles. The van der Waals surface area contributed by atoms with Crippen molar-refractivity contribution in [2.75, 3.05) is 23.8 Å². The van der Waals surface area contributed by atoms with Crippen LogP contribution in [0.2, 0.25) is 0 Å². The van der Waals surface area contributed by atoms with Gasteiger partial charge < -0.3 is 16.0 Å². The third kappa shape index (κ3) is 4.56. The summed E-state index contributed by atoms with van der Waals surface area (Å²) in [6, 6.07) is 2.43. The van der Waals surface area contributed by atoms with Crippen LogP contribution >= 0.6 is 0 Å². The first-order valence-electron chi connectivity index (χ1n) is 5.97. The molecule has 0 fully saturated rings. The zero-order chi connectivity index (χ0) is 13.0. The van der Waals surface area contributed by atoms with Crippen molar-refractivity contribution < 1.29 is 0 Å². The van der Waals surface area contributed by atoms with Crippen LogP contribution in [0.5, 0.6) is 0 Å². The van der Waals surface area contributed by atoms with Gasteiger partial charge in [0.2, 0.25) is 0 Å². The lowest BCUT2D eigenvalue weighted by atomic mass is 10.3. The van der Waals surface area contributed by atoms with E-state index in [1.54, 1.807) is 0 Å². The number of nitrogens with zero attached hydrogens (tertiary/aromatic N) is 3. The van der Waals surface area contributed by atoms with Gasteiger partial charge in [-0.15, -0.1) is 0 Å². The molecule has 96 valence electrons. The van der Waals surface area contributed by atoms with E-state index in [0.717, 1.165) is 24.0 Å². The molecule has 1 aromatic heterocycles. The van der Waals surface area contributed by atoms with Crippen molar-refractivity contribution in [1.29, 1.82) is 0 Å². The van der Waals surface area contributed by atoms with Gasteiger partial charge in [0.05, 0.1) is 0 Å². The highest BCUT2D eigenvalue weighted by Gasteiger charge is 2.08. The van der Waals surface area contributed by atoms with Crippen LogP contribution in [-0.2, 0) is 0 Å². The highest BCUT2D eigenvalue weighted by Crippen LogP contribution is 2.15. The monoisotopic (exact) mass is 237 g/mol. The number of nitrogens with one attached hydrogen (secondary N) is 1. The zero-order valence-corrected chi connectivity index (χ0v) is 11.4. The Morgan fingerprint density at radius 3 is 2.53 bits per heavy atom. The van der Waals surface area contributed by atoms with Crippen LogP contribution in [-0.4, -0.2) is 35.6 Å². The SMILES string of the molecule is Cc1nc(NC(C)C)cc(N(C)CC(C)N)n1. The standard InChI is InChI=1S/C12H23N5/c1-8(2)14-11-6-12(16-10(4)15-11)17(5)7-9(3)13/h6,8-9H,7,13H2,1-5H3,(H,14,15,16). The zero-order valence-electron chi connectivity index (χ0n) is 11.4. The van der Waals surface area contributed by atoms with Crippen molar-refractivity contribution in [3.63, 3.8) is 0 Å². The van der Waals surface area contributed by atoms with Gasteiger partial charge in [-0.25, -0.2) is 9.97 Å². The van der Waals surface area contributed by atoms with Gasteiger partial charge in [-0.1, -0.05) is 0 Å². The minimum atomic E-state index is 0.122. The molecule has 0 aliphatic carbocycles. The van der Waals surface area contributed by atoms with Crippen molar-refractivity contribution in [3.05, 3.63) is 11.9 Å². The van der Waals surface area contributed by atoms with Crippen LogP contribution in [0.15, 0.2) is 6.07 Å². The molecule has 1 aromatic rings. The van der Waals surface area contributed by atoms with Crippen molar-refractivity contribution in [1.82, 2.24) is 9.97 Å². The maximum Gasteiger partial charge on any atom is 0.134 e. The fourth-order valence-electron chi connectivity index (χ4n) is 1.64. The van der Waals surface area contributed by atoms with Crippen LogP contribution in [0.4, 0.5) is 11.6 Å². The molecular weight excluding hydrogens is 214 g/mol. The molecule has 1 atom stereocenters. The van der Waals surface area contributed by atoms with Gasteiger partial charge in [0.1, 0.15) is 17.5 Å². The summed E-state index contributed by atoms with van der Waals surface area (Å²) >= 11 is 0. The molecule has 0 saturated carbocycles. The Kier molecular flexibility index (Phi) is 4.69. The number of aryl methyl sites for hydroxylation is 1. The Bertz CT molecular complexity index is 362. The molecule has 0 bridgehead atoms. The third-order valence-corrected chi connectivity index (χ3v) is 2.21. The highest BCUT2D eigenvalue weighted by molar-refractivity contribution is 5.49. The van der Waals surface area contributed by atoms with E-state index in [-0.39, 0.29) is 6.04 Å². The Hall–Kier alpha value is -1.36. The van der Waals surface area contributed by atoms with Crippen LogP contribution in [0.3, 0.4) is 0 Å². The van der Waals surface area contributed by atoms with Gasteiger partial charge in [0, 0.05) is 31.7 Å². The smallest absolute Gasteiger partial charge is 0.134 e. The first kappa shape index (κ1) is 13.7. The number of aromatic nitrogens is 2. The maximum absolute atomic E-state index is 5.79. The third-order valence-electron chi connectivity index (χ3n) is 2.21. The van der Waals surface area contributed by atoms with Gasteiger partial charge >= 0.3 is 0 Å². The van der Waals surface area contributed by atoms with Crippen LogP contribution in [0.25, 0.3) is 0 Å². The van der Waals surface area contributed by atoms with E-state index in [4.69, 9.17) is 5.73 Å². The first-order valence-corrected chi connectivity index (χ1v) is 5.97.